The molecule has 1 fully saturated rings. The lowest BCUT2D eigenvalue weighted by Gasteiger charge is -2.36. The van der Waals surface area contributed by atoms with Crippen molar-refractivity contribution in [2.75, 3.05) is 26.2 Å². The summed E-state index contributed by atoms with van der Waals surface area (Å²) in [5.41, 5.74) is 4.35. The van der Waals surface area contributed by atoms with Crippen LogP contribution in [0, 0.1) is 0 Å². The largest absolute Gasteiger partial charge is 0.417 e. The molecule has 1 heterocycles. The van der Waals surface area contributed by atoms with Gasteiger partial charge < -0.3 is 16.0 Å². The Morgan fingerprint density at radius 3 is 2.75 bits per heavy atom. The summed E-state index contributed by atoms with van der Waals surface area (Å²) < 4.78 is 38.8. The second-order valence-corrected chi connectivity index (χ2v) is 4.64. The van der Waals surface area contributed by atoms with Crippen molar-refractivity contribution in [1.82, 2.24) is 10.2 Å². The first-order valence-electron chi connectivity index (χ1n) is 6.33. The fraction of sp³-hybridized carbons (Fsp3) is 0.462. The molecule has 1 amide bonds. The molecule has 0 aliphatic carbocycles. The normalized spacial score (nSPS) is 20.0. The van der Waals surface area contributed by atoms with E-state index in [4.69, 9.17) is 5.73 Å². The predicted octanol–water partition coefficient (Wildman–Crippen LogP) is 1.08. The van der Waals surface area contributed by atoms with Crippen molar-refractivity contribution < 1.29 is 18.0 Å². The van der Waals surface area contributed by atoms with Gasteiger partial charge in [0.2, 0.25) is 0 Å². The maximum absolute atomic E-state index is 12.9. The number of piperazine rings is 1. The summed E-state index contributed by atoms with van der Waals surface area (Å²) in [5.74, 6) is -0.616. The Morgan fingerprint density at radius 2 is 2.10 bits per heavy atom. The summed E-state index contributed by atoms with van der Waals surface area (Å²) in [6.07, 6.45) is -4.54. The molecule has 1 saturated heterocycles. The van der Waals surface area contributed by atoms with E-state index < -0.39 is 17.6 Å². The van der Waals surface area contributed by atoms with Crippen LogP contribution in [0.2, 0.25) is 0 Å². The molecule has 3 N–H and O–H groups in total. The molecule has 20 heavy (non-hydrogen) atoms. The quantitative estimate of drug-likeness (QED) is 0.855. The Labute approximate surface area is 114 Å². The Morgan fingerprint density at radius 1 is 1.40 bits per heavy atom. The average Bonchev–Trinajstić information content (AvgIpc) is 2.45. The fourth-order valence-corrected chi connectivity index (χ4v) is 2.31. The Bertz CT molecular complexity index is 490. The van der Waals surface area contributed by atoms with Crippen LogP contribution in [-0.2, 0) is 6.18 Å². The van der Waals surface area contributed by atoms with Crippen LogP contribution in [0.3, 0.4) is 0 Å². The van der Waals surface area contributed by atoms with E-state index in [2.05, 4.69) is 5.32 Å². The molecule has 0 aromatic heterocycles. The van der Waals surface area contributed by atoms with Gasteiger partial charge in [-0.3, -0.25) is 4.79 Å². The van der Waals surface area contributed by atoms with Crippen LogP contribution in [0.25, 0.3) is 0 Å². The maximum atomic E-state index is 12.9. The summed E-state index contributed by atoms with van der Waals surface area (Å²) in [6.45, 7) is 1.62. The number of nitrogens with zero attached hydrogens (tertiary/aromatic N) is 1. The van der Waals surface area contributed by atoms with Gasteiger partial charge in [-0.05, 0) is 12.1 Å². The standard InChI is InChI=1S/C13H16F3N3O/c14-13(15,16)11-4-2-1-3-10(11)12(20)19-6-5-18-8-9(19)7-17/h1-4,9,18H,5-8,17H2. The molecule has 7 heteroatoms. The van der Waals surface area contributed by atoms with Gasteiger partial charge in [-0.25, -0.2) is 0 Å². The van der Waals surface area contributed by atoms with Crippen molar-refractivity contribution in [2.45, 2.75) is 12.2 Å². The molecule has 2 rings (SSSR count). The van der Waals surface area contributed by atoms with Crippen molar-refractivity contribution >= 4 is 5.91 Å². The number of nitrogens with one attached hydrogen (secondary N) is 1. The number of hydrogen-bond acceptors (Lipinski definition) is 3. The third-order valence-electron chi connectivity index (χ3n) is 3.35. The van der Waals surface area contributed by atoms with Crippen LogP contribution in [0.15, 0.2) is 24.3 Å². The highest BCUT2D eigenvalue weighted by Crippen LogP contribution is 2.32. The maximum Gasteiger partial charge on any atom is 0.417 e. The van der Waals surface area contributed by atoms with Gasteiger partial charge in [0, 0.05) is 26.2 Å². The van der Waals surface area contributed by atoms with Crippen LogP contribution in [0.4, 0.5) is 13.2 Å². The molecule has 0 bridgehead atoms. The van der Waals surface area contributed by atoms with E-state index in [1.54, 1.807) is 0 Å². The van der Waals surface area contributed by atoms with Crippen molar-refractivity contribution in [3.05, 3.63) is 35.4 Å². The fourth-order valence-electron chi connectivity index (χ4n) is 2.31. The number of hydrogen-bond donors (Lipinski definition) is 2. The summed E-state index contributed by atoms with van der Waals surface area (Å²) >= 11 is 0. The van der Waals surface area contributed by atoms with Gasteiger partial charge in [-0.1, -0.05) is 12.1 Å². The molecule has 0 spiro atoms. The number of alkyl halides is 3. The van der Waals surface area contributed by atoms with E-state index >= 15 is 0 Å². The number of carbonyl (C=O) groups excluding carboxylic acids is 1. The topological polar surface area (TPSA) is 58.4 Å². The first kappa shape index (κ1) is 14.8. The van der Waals surface area contributed by atoms with Gasteiger partial charge >= 0.3 is 6.18 Å². The molecule has 0 radical (unpaired) electrons. The van der Waals surface area contributed by atoms with E-state index in [1.165, 1.54) is 23.1 Å². The molecule has 1 aliphatic heterocycles. The molecule has 1 aromatic carbocycles. The van der Waals surface area contributed by atoms with Crippen LogP contribution in [0.5, 0.6) is 0 Å². The van der Waals surface area contributed by atoms with Crippen LogP contribution >= 0.6 is 0 Å². The summed E-state index contributed by atoms with van der Waals surface area (Å²) in [4.78, 5) is 13.8. The van der Waals surface area contributed by atoms with Crippen molar-refractivity contribution in [3.8, 4) is 0 Å². The monoisotopic (exact) mass is 287 g/mol. The van der Waals surface area contributed by atoms with E-state index in [1.807, 2.05) is 0 Å². The minimum atomic E-state index is -4.54. The van der Waals surface area contributed by atoms with Crippen LogP contribution < -0.4 is 11.1 Å². The van der Waals surface area contributed by atoms with E-state index in [0.717, 1.165) is 6.07 Å². The highest BCUT2D eigenvalue weighted by Gasteiger charge is 2.37. The van der Waals surface area contributed by atoms with Crippen LogP contribution in [-0.4, -0.2) is 43.0 Å². The second-order valence-electron chi connectivity index (χ2n) is 4.64. The van der Waals surface area contributed by atoms with E-state index in [-0.39, 0.29) is 18.2 Å². The lowest BCUT2D eigenvalue weighted by molar-refractivity contribution is -0.138. The minimum absolute atomic E-state index is 0.215. The van der Waals surface area contributed by atoms with Gasteiger partial charge in [0.05, 0.1) is 17.2 Å². The number of halogens is 3. The molecule has 0 saturated carbocycles. The highest BCUT2D eigenvalue weighted by molar-refractivity contribution is 5.96. The molecule has 4 nitrogen and oxygen atoms in total. The third-order valence-corrected chi connectivity index (χ3v) is 3.35. The number of benzene rings is 1. The summed E-state index contributed by atoms with van der Waals surface area (Å²) in [5, 5.41) is 3.07. The predicted molar refractivity (Wildman–Crippen MR) is 68.2 cm³/mol. The molecule has 1 aromatic rings. The minimum Gasteiger partial charge on any atom is -0.332 e. The number of amides is 1. The molecule has 1 aliphatic rings. The van der Waals surface area contributed by atoms with Gasteiger partial charge in [0.15, 0.2) is 0 Å². The van der Waals surface area contributed by atoms with Gasteiger partial charge in [-0.15, -0.1) is 0 Å². The molecule has 110 valence electrons. The smallest absolute Gasteiger partial charge is 0.332 e. The second kappa shape index (κ2) is 5.80. The van der Waals surface area contributed by atoms with Gasteiger partial charge in [0.1, 0.15) is 0 Å². The van der Waals surface area contributed by atoms with E-state index in [9.17, 15) is 18.0 Å². The average molecular weight is 287 g/mol. The zero-order valence-corrected chi connectivity index (χ0v) is 10.8. The Kier molecular flexibility index (Phi) is 4.29. The highest BCUT2D eigenvalue weighted by atomic mass is 19.4. The van der Waals surface area contributed by atoms with E-state index in [0.29, 0.717) is 19.6 Å². The third kappa shape index (κ3) is 2.94. The number of rotatable bonds is 2. The van der Waals surface area contributed by atoms with Crippen LogP contribution in [0.1, 0.15) is 15.9 Å². The van der Waals surface area contributed by atoms with Crippen molar-refractivity contribution in [3.63, 3.8) is 0 Å². The Balaban J connectivity index is 2.33. The molecule has 1 unspecified atom stereocenters. The van der Waals surface area contributed by atoms with Crippen molar-refractivity contribution in [2.24, 2.45) is 5.73 Å². The summed E-state index contributed by atoms with van der Waals surface area (Å²) in [6, 6.07) is 4.56. The first-order valence-corrected chi connectivity index (χ1v) is 6.33. The zero-order chi connectivity index (χ0) is 14.8. The number of nitrogens with two attached hydrogens (primary N) is 1. The van der Waals surface area contributed by atoms with Gasteiger partial charge in [-0.2, -0.15) is 13.2 Å². The first-order chi connectivity index (χ1) is 9.45. The van der Waals surface area contributed by atoms with Crippen molar-refractivity contribution in [1.29, 1.82) is 0 Å². The molecular weight excluding hydrogens is 271 g/mol. The van der Waals surface area contributed by atoms with Gasteiger partial charge in [0.25, 0.3) is 5.91 Å². The number of carbonyl (C=O) groups is 1. The molecule has 1 atom stereocenters. The summed E-state index contributed by atoms with van der Waals surface area (Å²) in [7, 11) is 0. The lowest BCUT2D eigenvalue weighted by Crippen LogP contribution is -2.56. The zero-order valence-electron chi connectivity index (χ0n) is 10.8. The Hall–Kier alpha value is -1.60. The SMILES string of the molecule is NCC1CNCCN1C(=O)c1ccccc1C(F)(F)F. The lowest BCUT2D eigenvalue weighted by atomic mass is 10.0. The molecular formula is C13H16F3N3O.